The summed E-state index contributed by atoms with van der Waals surface area (Å²) >= 11 is 0.797. The SMILES string of the molecule is C/C(=C(\CCOP(=O)(O)O)SC(=O)/C=C/c1ccc(C#N)cc1)N(C=O)Cc1cnc(C)nc1N. The highest BCUT2D eigenvalue weighted by Crippen LogP contribution is 2.37. The Morgan fingerprint density at radius 2 is 2.03 bits per heavy atom. The van der Waals surface area contributed by atoms with Crippen LogP contribution in [0.2, 0.25) is 0 Å². The lowest BCUT2D eigenvalue weighted by Gasteiger charge is -2.22. The van der Waals surface area contributed by atoms with E-state index in [1.165, 1.54) is 17.2 Å². The van der Waals surface area contributed by atoms with Crippen LogP contribution in [0.1, 0.15) is 35.9 Å². The maximum atomic E-state index is 12.6. The fourth-order valence-corrected chi connectivity index (χ4v) is 3.92. The molecule has 4 N–H and O–H groups in total. The number of hydrogen-bond acceptors (Lipinski definition) is 9. The molecular formula is C22H24N5O6PS. The molecule has 1 aromatic heterocycles. The van der Waals surface area contributed by atoms with Gasteiger partial charge in [-0.15, -0.1) is 0 Å². The predicted molar refractivity (Wildman–Crippen MR) is 131 cm³/mol. The van der Waals surface area contributed by atoms with Crippen molar-refractivity contribution < 1.29 is 28.5 Å². The molecule has 2 aromatic rings. The van der Waals surface area contributed by atoms with Gasteiger partial charge in [0.05, 0.1) is 24.8 Å². The molecule has 0 radical (unpaired) electrons. The summed E-state index contributed by atoms with van der Waals surface area (Å²) in [5.41, 5.74) is 7.98. The second kappa shape index (κ2) is 12.9. The maximum absolute atomic E-state index is 12.6. The number of phosphoric acid groups is 1. The second-order valence-electron chi connectivity index (χ2n) is 7.13. The number of benzene rings is 1. The van der Waals surface area contributed by atoms with Crippen LogP contribution in [0.4, 0.5) is 5.82 Å². The van der Waals surface area contributed by atoms with E-state index in [-0.39, 0.29) is 30.5 Å². The Hall–Kier alpha value is -3.33. The van der Waals surface area contributed by atoms with Crippen molar-refractivity contribution in [1.82, 2.24) is 14.9 Å². The number of nitriles is 1. The first-order chi connectivity index (χ1) is 16.5. The number of nitrogens with zero attached hydrogens (tertiary/aromatic N) is 4. The quantitative estimate of drug-likeness (QED) is 0.226. The first-order valence-electron chi connectivity index (χ1n) is 10.1. The molecule has 1 aromatic carbocycles. The third-order valence-electron chi connectivity index (χ3n) is 4.58. The maximum Gasteiger partial charge on any atom is 0.469 e. The molecule has 0 aliphatic heterocycles. The molecule has 1 amide bonds. The molecule has 0 atom stereocenters. The van der Waals surface area contributed by atoms with Crippen LogP contribution in [0, 0.1) is 18.3 Å². The van der Waals surface area contributed by atoms with Crippen molar-refractivity contribution in [3.63, 3.8) is 0 Å². The molecule has 0 aliphatic rings. The fraction of sp³-hybridized carbons (Fsp3) is 0.227. The van der Waals surface area contributed by atoms with Gasteiger partial charge >= 0.3 is 7.82 Å². The molecule has 184 valence electrons. The van der Waals surface area contributed by atoms with Crippen LogP contribution in [0.25, 0.3) is 6.08 Å². The zero-order valence-electron chi connectivity index (χ0n) is 19.0. The smallest absolute Gasteiger partial charge is 0.383 e. The highest BCUT2D eigenvalue weighted by Gasteiger charge is 2.19. The summed E-state index contributed by atoms with van der Waals surface area (Å²) in [5.74, 6) is 0.680. The number of anilines is 1. The van der Waals surface area contributed by atoms with Gasteiger partial charge < -0.3 is 20.4 Å². The summed E-state index contributed by atoms with van der Waals surface area (Å²) in [7, 11) is -4.71. The average Bonchev–Trinajstić information content (AvgIpc) is 2.81. The number of carbonyl (C=O) groups is 2. The molecule has 35 heavy (non-hydrogen) atoms. The number of nitrogens with two attached hydrogens (primary N) is 1. The lowest BCUT2D eigenvalue weighted by molar-refractivity contribution is -0.117. The van der Waals surface area contributed by atoms with Crippen molar-refractivity contribution in [2.24, 2.45) is 0 Å². The highest BCUT2D eigenvalue weighted by molar-refractivity contribution is 8.17. The van der Waals surface area contributed by atoms with E-state index in [0.29, 0.717) is 39.5 Å². The largest absolute Gasteiger partial charge is 0.469 e. The van der Waals surface area contributed by atoms with Crippen molar-refractivity contribution in [1.29, 1.82) is 5.26 Å². The van der Waals surface area contributed by atoms with Crippen molar-refractivity contribution >= 4 is 43.0 Å². The number of allylic oxidation sites excluding steroid dienone is 1. The average molecular weight is 518 g/mol. The molecule has 0 saturated carbocycles. The van der Waals surface area contributed by atoms with E-state index in [4.69, 9.17) is 20.8 Å². The number of amides is 1. The molecule has 0 bridgehead atoms. The minimum atomic E-state index is -4.71. The number of aromatic nitrogens is 2. The third-order valence-corrected chi connectivity index (χ3v) is 6.19. The van der Waals surface area contributed by atoms with Crippen molar-refractivity contribution in [2.45, 2.75) is 26.8 Å². The summed E-state index contributed by atoms with van der Waals surface area (Å²) in [6.07, 6.45) is 4.90. The number of aryl methyl sites for hydroxylation is 1. The topological polar surface area (TPSA) is 180 Å². The summed E-state index contributed by atoms with van der Waals surface area (Å²) in [6.45, 7) is 2.92. The number of carbonyl (C=O) groups excluding carboxylic acids is 2. The molecule has 13 heteroatoms. The highest BCUT2D eigenvalue weighted by atomic mass is 32.2. The number of thioether (sulfide) groups is 1. The van der Waals surface area contributed by atoms with E-state index in [0.717, 1.165) is 11.8 Å². The Morgan fingerprint density at radius 3 is 2.60 bits per heavy atom. The van der Waals surface area contributed by atoms with Gasteiger partial charge in [-0.1, -0.05) is 18.2 Å². The molecular weight excluding hydrogens is 493 g/mol. The lowest BCUT2D eigenvalue weighted by atomic mass is 10.1. The molecule has 1 heterocycles. The molecule has 11 nitrogen and oxygen atoms in total. The number of nitrogen functional groups attached to an aromatic ring is 1. The normalized spacial score (nSPS) is 12.2. The number of hydrogen-bond donors (Lipinski definition) is 3. The van der Waals surface area contributed by atoms with Crippen LogP contribution in [0.15, 0.2) is 47.1 Å². The van der Waals surface area contributed by atoms with Gasteiger partial charge in [0.25, 0.3) is 0 Å². The van der Waals surface area contributed by atoms with E-state index in [9.17, 15) is 14.2 Å². The predicted octanol–water partition coefficient (Wildman–Crippen LogP) is 2.90. The van der Waals surface area contributed by atoms with Gasteiger partial charge in [-0.3, -0.25) is 14.1 Å². The molecule has 0 fully saturated rings. The van der Waals surface area contributed by atoms with E-state index in [1.807, 2.05) is 6.07 Å². The lowest BCUT2D eigenvalue weighted by Crippen LogP contribution is -2.22. The van der Waals surface area contributed by atoms with E-state index in [2.05, 4.69) is 14.5 Å². The molecule has 0 unspecified atom stereocenters. The molecule has 2 rings (SSSR count). The zero-order chi connectivity index (χ0) is 26.0. The van der Waals surface area contributed by atoms with Gasteiger partial charge in [-0.2, -0.15) is 5.26 Å². The Morgan fingerprint density at radius 1 is 1.34 bits per heavy atom. The van der Waals surface area contributed by atoms with E-state index in [1.54, 1.807) is 44.2 Å². The second-order valence-corrected chi connectivity index (χ2v) is 9.47. The molecule has 0 saturated heterocycles. The molecule has 0 spiro atoms. The van der Waals surface area contributed by atoms with Gasteiger partial charge in [-0.05, 0) is 49.4 Å². The van der Waals surface area contributed by atoms with Crippen LogP contribution < -0.4 is 5.73 Å². The summed E-state index contributed by atoms with van der Waals surface area (Å²) < 4.78 is 15.6. The van der Waals surface area contributed by atoms with Gasteiger partial charge in [0.15, 0.2) is 0 Å². The summed E-state index contributed by atoms with van der Waals surface area (Å²) in [4.78, 5) is 52.2. The van der Waals surface area contributed by atoms with Gasteiger partial charge in [0.2, 0.25) is 11.5 Å². The Balaban J connectivity index is 2.25. The van der Waals surface area contributed by atoms with Crippen molar-refractivity contribution in [3.05, 3.63) is 69.7 Å². The monoisotopic (exact) mass is 517 g/mol. The van der Waals surface area contributed by atoms with Crippen LogP contribution >= 0.6 is 19.6 Å². The van der Waals surface area contributed by atoms with Crippen LogP contribution in [-0.4, -0.2) is 42.8 Å². The summed E-state index contributed by atoms with van der Waals surface area (Å²) in [5, 5.41) is 8.49. The number of phosphoric ester groups is 1. The van der Waals surface area contributed by atoms with Gasteiger partial charge in [0.1, 0.15) is 11.6 Å². The van der Waals surface area contributed by atoms with Crippen LogP contribution in [0.3, 0.4) is 0 Å². The fourth-order valence-electron chi connectivity index (χ4n) is 2.76. The van der Waals surface area contributed by atoms with Crippen molar-refractivity contribution in [2.75, 3.05) is 12.3 Å². The Kier molecular flexibility index (Phi) is 10.3. The Bertz CT molecular complexity index is 1220. The van der Waals surface area contributed by atoms with Gasteiger partial charge in [0, 0.05) is 28.8 Å². The third kappa shape index (κ3) is 9.44. The van der Waals surface area contributed by atoms with Crippen LogP contribution in [-0.2, 0) is 25.2 Å². The standard InChI is InChI=1S/C22H24N5O6PS/c1-15(27(14-28)13-19-12-25-16(2)26-22(19)24)20(9-10-33-34(30,31)32)35-21(29)8-7-17-3-5-18(11-23)6-4-17/h3-8,12,14H,9-10,13H2,1-2H3,(H2,24,25,26)(H2,30,31,32)/b8-7+,20-15-. The van der Waals surface area contributed by atoms with Gasteiger partial charge in [-0.25, -0.2) is 14.5 Å². The zero-order valence-corrected chi connectivity index (χ0v) is 20.7. The van der Waals surface area contributed by atoms with E-state index >= 15 is 0 Å². The summed E-state index contributed by atoms with van der Waals surface area (Å²) in [6, 6.07) is 8.62. The molecule has 0 aliphatic carbocycles. The minimum absolute atomic E-state index is 0.0279. The Labute approximate surface area is 206 Å². The number of rotatable bonds is 11. The first-order valence-corrected chi connectivity index (χ1v) is 12.5. The first kappa shape index (κ1) is 27.9. The van der Waals surface area contributed by atoms with Crippen LogP contribution in [0.5, 0.6) is 0 Å². The van der Waals surface area contributed by atoms with E-state index < -0.39 is 7.82 Å². The minimum Gasteiger partial charge on any atom is -0.383 e. The van der Waals surface area contributed by atoms with Crippen molar-refractivity contribution in [3.8, 4) is 6.07 Å².